The zero-order chi connectivity index (χ0) is 14.4. The van der Waals surface area contributed by atoms with Crippen molar-refractivity contribution in [3.8, 4) is 11.5 Å². The lowest BCUT2D eigenvalue weighted by Crippen LogP contribution is -2.38. The fraction of sp³-hybridized carbons (Fsp3) is 0.625. The van der Waals surface area contributed by atoms with Crippen LogP contribution in [0.15, 0.2) is 18.2 Å². The van der Waals surface area contributed by atoms with Gasteiger partial charge in [-0.25, -0.2) is 0 Å². The Morgan fingerprint density at radius 3 is 2.55 bits per heavy atom. The highest BCUT2D eigenvalue weighted by atomic mass is 16.5. The van der Waals surface area contributed by atoms with E-state index < -0.39 is 5.60 Å². The van der Waals surface area contributed by atoms with Crippen molar-refractivity contribution in [2.45, 2.75) is 51.2 Å². The summed E-state index contributed by atoms with van der Waals surface area (Å²) in [7, 11) is 0. The number of hydrogen-bond donors (Lipinski definition) is 2. The first-order valence-corrected chi connectivity index (χ1v) is 7.39. The Morgan fingerprint density at radius 1 is 1.15 bits per heavy atom. The molecule has 0 saturated heterocycles. The maximum atomic E-state index is 10.5. The first kappa shape index (κ1) is 15.1. The summed E-state index contributed by atoms with van der Waals surface area (Å²) < 4.78 is 11.4. The summed E-state index contributed by atoms with van der Waals surface area (Å²) in [5.74, 6) is 1.18. The van der Waals surface area contributed by atoms with Crippen LogP contribution in [0.3, 0.4) is 0 Å². The minimum Gasteiger partial charge on any atom is -0.490 e. The van der Waals surface area contributed by atoms with Gasteiger partial charge in [0, 0.05) is 5.56 Å². The average Bonchev–Trinajstić information content (AvgIpc) is 2.47. The summed E-state index contributed by atoms with van der Waals surface area (Å²) in [6.45, 7) is 2.60. The van der Waals surface area contributed by atoms with E-state index >= 15 is 0 Å². The van der Waals surface area contributed by atoms with Crippen molar-refractivity contribution in [1.29, 1.82) is 0 Å². The molecule has 1 aromatic rings. The minimum absolute atomic E-state index is 0.103. The molecule has 2 rings (SSSR count). The molecule has 1 aliphatic rings. The molecule has 0 spiro atoms. The van der Waals surface area contributed by atoms with E-state index in [-0.39, 0.29) is 13.2 Å². The second-order valence-corrected chi connectivity index (χ2v) is 5.41. The topological polar surface area (TPSA) is 58.9 Å². The monoisotopic (exact) mass is 280 g/mol. The fourth-order valence-corrected chi connectivity index (χ4v) is 2.68. The van der Waals surface area contributed by atoms with Gasteiger partial charge in [0.25, 0.3) is 0 Å². The highest BCUT2D eigenvalue weighted by molar-refractivity contribution is 5.46. The summed E-state index contributed by atoms with van der Waals surface area (Å²) >= 11 is 0. The van der Waals surface area contributed by atoms with Crippen LogP contribution in [0, 0.1) is 0 Å². The Balaban J connectivity index is 2.10. The molecule has 20 heavy (non-hydrogen) atoms. The van der Waals surface area contributed by atoms with Crippen LogP contribution in [0.4, 0.5) is 0 Å². The summed E-state index contributed by atoms with van der Waals surface area (Å²) in [5, 5.41) is 19.9. The Kier molecular flexibility index (Phi) is 5.26. The van der Waals surface area contributed by atoms with Crippen molar-refractivity contribution in [3.05, 3.63) is 23.8 Å². The van der Waals surface area contributed by atoms with Gasteiger partial charge >= 0.3 is 0 Å². The lowest BCUT2D eigenvalue weighted by atomic mass is 9.85. The molecular formula is C16H24O4. The van der Waals surface area contributed by atoms with Crippen LogP contribution in [0.5, 0.6) is 11.5 Å². The molecule has 0 bridgehead atoms. The van der Waals surface area contributed by atoms with Gasteiger partial charge in [-0.15, -0.1) is 0 Å². The molecular weight excluding hydrogens is 256 g/mol. The summed E-state index contributed by atoms with van der Waals surface area (Å²) in [6, 6.07) is 5.46. The van der Waals surface area contributed by atoms with E-state index in [1.807, 2.05) is 25.1 Å². The standard InChI is InChI=1S/C16H24O4/c1-2-19-14-8-6-7-13(11-17)15(14)20-12-16(18)9-4-3-5-10-16/h6-8,17-18H,2-5,9-12H2,1H3. The van der Waals surface area contributed by atoms with Crippen LogP contribution in [-0.2, 0) is 6.61 Å². The van der Waals surface area contributed by atoms with Crippen molar-refractivity contribution in [3.63, 3.8) is 0 Å². The Labute approximate surface area is 120 Å². The van der Waals surface area contributed by atoms with Gasteiger partial charge in [-0.05, 0) is 25.8 Å². The van der Waals surface area contributed by atoms with E-state index in [0.717, 1.165) is 25.7 Å². The first-order chi connectivity index (χ1) is 9.68. The van der Waals surface area contributed by atoms with E-state index in [2.05, 4.69) is 0 Å². The number of aliphatic hydroxyl groups is 2. The molecule has 1 aliphatic carbocycles. The van der Waals surface area contributed by atoms with Crippen molar-refractivity contribution in [1.82, 2.24) is 0 Å². The van der Waals surface area contributed by atoms with Crippen LogP contribution < -0.4 is 9.47 Å². The summed E-state index contributed by atoms with van der Waals surface area (Å²) in [5.41, 5.74) is -0.0556. The second kappa shape index (κ2) is 6.95. The largest absolute Gasteiger partial charge is 0.490 e. The third-order valence-electron chi connectivity index (χ3n) is 3.80. The molecule has 0 unspecified atom stereocenters. The molecule has 1 aromatic carbocycles. The summed E-state index contributed by atoms with van der Waals surface area (Å²) in [6.07, 6.45) is 4.82. The Morgan fingerprint density at radius 2 is 1.90 bits per heavy atom. The van der Waals surface area contributed by atoms with E-state index in [1.165, 1.54) is 6.42 Å². The van der Waals surface area contributed by atoms with E-state index in [9.17, 15) is 10.2 Å². The first-order valence-electron chi connectivity index (χ1n) is 7.39. The summed E-state index contributed by atoms with van der Waals surface area (Å²) in [4.78, 5) is 0. The lowest BCUT2D eigenvalue weighted by molar-refractivity contribution is -0.0348. The maximum absolute atomic E-state index is 10.5. The normalized spacial score (nSPS) is 17.8. The smallest absolute Gasteiger partial charge is 0.166 e. The van der Waals surface area contributed by atoms with Crippen molar-refractivity contribution >= 4 is 0 Å². The molecule has 0 aliphatic heterocycles. The lowest BCUT2D eigenvalue weighted by Gasteiger charge is -2.32. The fourth-order valence-electron chi connectivity index (χ4n) is 2.68. The van der Waals surface area contributed by atoms with Crippen LogP contribution in [-0.4, -0.2) is 29.0 Å². The number of aliphatic hydroxyl groups excluding tert-OH is 1. The predicted octanol–water partition coefficient (Wildman–Crippen LogP) is 2.65. The molecule has 2 N–H and O–H groups in total. The van der Waals surface area contributed by atoms with Crippen molar-refractivity contribution in [2.75, 3.05) is 13.2 Å². The number of rotatable bonds is 6. The highest BCUT2D eigenvalue weighted by Crippen LogP contribution is 2.34. The van der Waals surface area contributed by atoms with Gasteiger partial charge in [0.05, 0.1) is 18.8 Å². The third-order valence-corrected chi connectivity index (χ3v) is 3.80. The zero-order valence-electron chi connectivity index (χ0n) is 12.1. The molecule has 0 amide bonds. The number of para-hydroxylation sites is 1. The van der Waals surface area contributed by atoms with Crippen molar-refractivity contribution < 1.29 is 19.7 Å². The molecule has 4 nitrogen and oxygen atoms in total. The minimum atomic E-state index is -0.746. The van der Waals surface area contributed by atoms with Gasteiger partial charge in [0.15, 0.2) is 11.5 Å². The van der Waals surface area contributed by atoms with E-state index in [0.29, 0.717) is 23.7 Å². The predicted molar refractivity (Wildman–Crippen MR) is 77.1 cm³/mol. The van der Waals surface area contributed by atoms with Crippen LogP contribution in [0.2, 0.25) is 0 Å². The molecule has 0 radical (unpaired) electrons. The van der Waals surface area contributed by atoms with Gasteiger partial charge in [-0.2, -0.15) is 0 Å². The molecule has 0 heterocycles. The van der Waals surface area contributed by atoms with E-state index in [4.69, 9.17) is 9.47 Å². The van der Waals surface area contributed by atoms with Gasteiger partial charge in [-0.3, -0.25) is 0 Å². The maximum Gasteiger partial charge on any atom is 0.166 e. The average molecular weight is 280 g/mol. The molecule has 112 valence electrons. The molecule has 4 heteroatoms. The van der Waals surface area contributed by atoms with Gasteiger partial charge in [-0.1, -0.05) is 31.4 Å². The zero-order valence-corrected chi connectivity index (χ0v) is 12.1. The second-order valence-electron chi connectivity index (χ2n) is 5.41. The molecule has 1 fully saturated rings. The van der Waals surface area contributed by atoms with E-state index in [1.54, 1.807) is 0 Å². The van der Waals surface area contributed by atoms with Crippen molar-refractivity contribution in [2.24, 2.45) is 0 Å². The number of ether oxygens (including phenoxy) is 2. The van der Waals surface area contributed by atoms with Gasteiger partial charge < -0.3 is 19.7 Å². The van der Waals surface area contributed by atoms with Crippen LogP contribution in [0.25, 0.3) is 0 Å². The highest BCUT2D eigenvalue weighted by Gasteiger charge is 2.30. The molecule has 0 atom stereocenters. The Hall–Kier alpha value is -1.26. The molecule has 1 saturated carbocycles. The van der Waals surface area contributed by atoms with Gasteiger partial charge in [0.2, 0.25) is 0 Å². The van der Waals surface area contributed by atoms with Crippen LogP contribution in [0.1, 0.15) is 44.6 Å². The quantitative estimate of drug-likeness (QED) is 0.841. The SMILES string of the molecule is CCOc1cccc(CO)c1OCC1(O)CCCCC1. The number of benzene rings is 1. The third kappa shape index (κ3) is 3.64. The number of hydrogen-bond acceptors (Lipinski definition) is 4. The molecule has 0 aromatic heterocycles. The Bertz CT molecular complexity index is 424. The van der Waals surface area contributed by atoms with Gasteiger partial charge in [0.1, 0.15) is 6.61 Å². The van der Waals surface area contributed by atoms with Crippen LogP contribution >= 0.6 is 0 Å².